The number of pyridine rings is 1. The molecule has 5 rings (SSSR count). The lowest BCUT2D eigenvalue weighted by Crippen LogP contribution is -2.30. The van der Waals surface area contributed by atoms with E-state index in [0.29, 0.717) is 24.7 Å². The zero-order valence-corrected chi connectivity index (χ0v) is 19.5. The molecular weight excluding hydrogens is 418 g/mol. The van der Waals surface area contributed by atoms with Gasteiger partial charge in [-0.1, -0.05) is 0 Å². The van der Waals surface area contributed by atoms with Crippen LogP contribution in [0.2, 0.25) is 0 Å². The summed E-state index contributed by atoms with van der Waals surface area (Å²) < 4.78 is 15.0. The standard InChI is InChI=1S/C24H31N7O2/c1-4-33-18-7-5-17(6-8-18)27-24-25-15-22-19(11-12-31(22)29-24)20-9-10-21-23(28-20)30(13-14-32-3)16(2)26-21/h9-12,15,17-18H,4-8,13-14H2,1-3H3,(H,27,29). The van der Waals surface area contributed by atoms with Gasteiger partial charge in [-0.3, -0.25) is 0 Å². The van der Waals surface area contributed by atoms with Crippen molar-refractivity contribution in [1.82, 2.24) is 29.1 Å². The number of aryl methyl sites for hydroxylation is 1. The summed E-state index contributed by atoms with van der Waals surface area (Å²) in [5, 5.41) is 8.20. The Morgan fingerprint density at radius 2 is 1.97 bits per heavy atom. The largest absolute Gasteiger partial charge is 0.383 e. The molecule has 0 aromatic carbocycles. The van der Waals surface area contributed by atoms with Crippen molar-refractivity contribution in [3.05, 3.63) is 36.4 Å². The smallest absolute Gasteiger partial charge is 0.241 e. The zero-order valence-electron chi connectivity index (χ0n) is 19.5. The summed E-state index contributed by atoms with van der Waals surface area (Å²) >= 11 is 0. The second-order valence-electron chi connectivity index (χ2n) is 8.56. The fraction of sp³-hybridized carbons (Fsp3) is 0.500. The number of hydrogen-bond donors (Lipinski definition) is 1. The van der Waals surface area contributed by atoms with Crippen molar-refractivity contribution in [2.75, 3.05) is 25.6 Å². The third-order valence-electron chi connectivity index (χ3n) is 6.40. The van der Waals surface area contributed by atoms with E-state index in [1.807, 2.05) is 42.0 Å². The molecule has 0 unspecified atom stereocenters. The van der Waals surface area contributed by atoms with Gasteiger partial charge in [-0.25, -0.2) is 19.5 Å². The quantitative estimate of drug-likeness (QED) is 0.437. The number of aromatic nitrogens is 6. The average molecular weight is 450 g/mol. The molecular formula is C24H31N7O2. The van der Waals surface area contributed by atoms with Crippen LogP contribution < -0.4 is 5.32 Å². The van der Waals surface area contributed by atoms with Crippen molar-refractivity contribution in [1.29, 1.82) is 0 Å². The molecule has 0 amide bonds. The van der Waals surface area contributed by atoms with Crippen molar-refractivity contribution >= 4 is 22.6 Å². The first-order valence-electron chi connectivity index (χ1n) is 11.7. The number of fused-ring (bicyclic) bond motifs is 2. The molecule has 9 heteroatoms. The van der Waals surface area contributed by atoms with Gasteiger partial charge in [0.2, 0.25) is 5.95 Å². The first-order chi connectivity index (χ1) is 16.2. The SMILES string of the molecule is CCOC1CCC(Nc2ncc3c(-c4ccc5nc(C)n(CCOC)c5n4)ccn3n2)CC1. The van der Waals surface area contributed by atoms with E-state index < -0.39 is 0 Å². The average Bonchev–Trinajstić information content (AvgIpc) is 3.38. The molecule has 33 heavy (non-hydrogen) atoms. The van der Waals surface area contributed by atoms with E-state index >= 15 is 0 Å². The Morgan fingerprint density at radius 1 is 1.12 bits per heavy atom. The molecule has 0 spiro atoms. The van der Waals surface area contributed by atoms with Crippen molar-refractivity contribution in [2.24, 2.45) is 0 Å². The predicted molar refractivity (Wildman–Crippen MR) is 127 cm³/mol. The Bertz CT molecular complexity index is 1240. The molecule has 1 aliphatic rings. The highest BCUT2D eigenvalue weighted by atomic mass is 16.5. The molecule has 1 aliphatic carbocycles. The molecule has 4 aromatic rings. The predicted octanol–water partition coefficient (Wildman–Crippen LogP) is 3.86. The van der Waals surface area contributed by atoms with Crippen LogP contribution in [0.15, 0.2) is 30.6 Å². The van der Waals surface area contributed by atoms with Gasteiger partial charge in [0.05, 0.1) is 30.1 Å². The normalized spacial score (nSPS) is 18.9. The molecule has 0 saturated heterocycles. The van der Waals surface area contributed by atoms with Crippen molar-refractivity contribution in [3.63, 3.8) is 0 Å². The maximum absolute atomic E-state index is 5.76. The van der Waals surface area contributed by atoms with Crippen LogP contribution in [0.3, 0.4) is 0 Å². The van der Waals surface area contributed by atoms with Gasteiger partial charge in [-0.05, 0) is 57.7 Å². The van der Waals surface area contributed by atoms with E-state index in [4.69, 9.17) is 19.6 Å². The van der Waals surface area contributed by atoms with Crippen LogP contribution in [-0.4, -0.2) is 61.6 Å². The van der Waals surface area contributed by atoms with Gasteiger partial charge in [0.25, 0.3) is 0 Å². The molecule has 174 valence electrons. The number of ether oxygens (including phenoxy) is 2. The lowest BCUT2D eigenvalue weighted by atomic mass is 9.93. The molecule has 1 saturated carbocycles. The van der Waals surface area contributed by atoms with E-state index in [9.17, 15) is 0 Å². The number of imidazole rings is 1. The van der Waals surface area contributed by atoms with Crippen molar-refractivity contribution in [2.45, 2.75) is 58.2 Å². The van der Waals surface area contributed by atoms with Crippen LogP contribution in [0, 0.1) is 6.92 Å². The highest BCUT2D eigenvalue weighted by molar-refractivity contribution is 5.82. The Labute approximate surface area is 193 Å². The Balaban J connectivity index is 1.37. The molecule has 0 atom stereocenters. The number of anilines is 1. The zero-order chi connectivity index (χ0) is 22.8. The molecule has 4 heterocycles. The summed E-state index contributed by atoms with van der Waals surface area (Å²) in [6.45, 7) is 6.18. The summed E-state index contributed by atoms with van der Waals surface area (Å²) in [5.41, 5.74) is 4.55. The molecule has 0 aliphatic heterocycles. The minimum Gasteiger partial charge on any atom is -0.383 e. The number of rotatable bonds is 8. The van der Waals surface area contributed by atoms with Gasteiger partial charge >= 0.3 is 0 Å². The molecule has 1 fully saturated rings. The van der Waals surface area contributed by atoms with Gasteiger partial charge in [-0.15, -0.1) is 5.10 Å². The van der Waals surface area contributed by atoms with Crippen LogP contribution in [0.25, 0.3) is 27.9 Å². The van der Waals surface area contributed by atoms with Gasteiger partial charge < -0.3 is 19.4 Å². The lowest BCUT2D eigenvalue weighted by Gasteiger charge is -2.28. The topological polar surface area (TPSA) is 91.4 Å². The Hall–Kier alpha value is -3.04. The van der Waals surface area contributed by atoms with Gasteiger partial charge in [0.1, 0.15) is 11.3 Å². The lowest BCUT2D eigenvalue weighted by molar-refractivity contribution is 0.0346. The summed E-state index contributed by atoms with van der Waals surface area (Å²) in [6.07, 6.45) is 8.53. The molecule has 1 N–H and O–H groups in total. The van der Waals surface area contributed by atoms with Crippen molar-refractivity contribution < 1.29 is 9.47 Å². The van der Waals surface area contributed by atoms with Crippen molar-refractivity contribution in [3.8, 4) is 11.3 Å². The van der Waals surface area contributed by atoms with Crippen LogP contribution in [0.5, 0.6) is 0 Å². The maximum atomic E-state index is 5.76. The number of nitrogens with zero attached hydrogens (tertiary/aromatic N) is 6. The molecule has 9 nitrogen and oxygen atoms in total. The minimum atomic E-state index is 0.383. The molecule has 4 aromatic heterocycles. The first kappa shape index (κ1) is 21.8. The maximum Gasteiger partial charge on any atom is 0.241 e. The summed E-state index contributed by atoms with van der Waals surface area (Å²) in [7, 11) is 1.70. The van der Waals surface area contributed by atoms with Crippen LogP contribution in [0.4, 0.5) is 5.95 Å². The monoisotopic (exact) mass is 449 g/mol. The van der Waals surface area contributed by atoms with Crippen LogP contribution in [0.1, 0.15) is 38.4 Å². The fourth-order valence-corrected chi connectivity index (χ4v) is 4.69. The highest BCUT2D eigenvalue weighted by Crippen LogP contribution is 2.27. The van der Waals surface area contributed by atoms with E-state index in [1.54, 1.807) is 7.11 Å². The fourth-order valence-electron chi connectivity index (χ4n) is 4.69. The summed E-state index contributed by atoms with van der Waals surface area (Å²) in [4.78, 5) is 14.2. The van der Waals surface area contributed by atoms with E-state index in [2.05, 4.69) is 26.8 Å². The van der Waals surface area contributed by atoms with E-state index in [0.717, 1.165) is 72.6 Å². The van der Waals surface area contributed by atoms with Gasteiger partial charge in [0.15, 0.2) is 5.65 Å². The summed E-state index contributed by atoms with van der Waals surface area (Å²) in [6, 6.07) is 6.45. The number of methoxy groups -OCH3 is 1. The Morgan fingerprint density at radius 3 is 2.76 bits per heavy atom. The number of hydrogen-bond acceptors (Lipinski definition) is 7. The molecule has 0 radical (unpaired) electrons. The first-order valence-corrected chi connectivity index (χ1v) is 11.7. The summed E-state index contributed by atoms with van der Waals surface area (Å²) in [5.74, 6) is 1.59. The Kier molecular flexibility index (Phi) is 6.24. The number of nitrogens with one attached hydrogen (secondary N) is 1. The molecule has 0 bridgehead atoms. The highest BCUT2D eigenvalue weighted by Gasteiger charge is 2.22. The van der Waals surface area contributed by atoms with Gasteiger partial charge in [0, 0.05) is 38.1 Å². The second kappa shape index (κ2) is 9.44. The minimum absolute atomic E-state index is 0.383. The van der Waals surface area contributed by atoms with Crippen LogP contribution >= 0.6 is 0 Å². The van der Waals surface area contributed by atoms with E-state index in [-0.39, 0.29) is 0 Å². The third kappa shape index (κ3) is 4.43. The third-order valence-corrected chi connectivity index (χ3v) is 6.40. The van der Waals surface area contributed by atoms with Gasteiger partial charge in [-0.2, -0.15) is 0 Å². The van der Waals surface area contributed by atoms with E-state index in [1.165, 1.54) is 0 Å². The second-order valence-corrected chi connectivity index (χ2v) is 8.56. The van der Waals surface area contributed by atoms with Crippen LogP contribution in [-0.2, 0) is 16.0 Å².